The second kappa shape index (κ2) is 6.92. The third-order valence-corrected chi connectivity index (χ3v) is 4.63. The summed E-state index contributed by atoms with van der Waals surface area (Å²) < 4.78 is 5.43. The monoisotopic (exact) mass is 344 g/mol. The number of furan rings is 1. The maximum atomic E-state index is 12.4. The van der Waals surface area contributed by atoms with E-state index in [1.165, 1.54) is 10.9 Å². The molecule has 130 valence electrons. The number of aromatic amines is 1. The van der Waals surface area contributed by atoms with Crippen LogP contribution in [-0.4, -0.2) is 17.4 Å². The molecular formula is C22H20N2O2. The Morgan fingerprint density at radius 3 is 2.58 bits per heavy atom. The van der Waals surface area contributed by atoms with E-state index in [4.69, 9.17) is 4.42 Å². The van der Waals surface area contributed by atoms with Gasteiger partial charge in [0.15, 0.2) is 5.76 Å². The molecule has 1 atom stereocenters. The van der Waals surface area contributed by atoms with Crippen LogP contribution in [0.15, 0.2) is 77.3 Å². The maximum absolute atomic E-state index is 12.4. The van der Waals surface area contributed by atoms with E-state index < -0.39 is 0 Å². The number of aromatic nitrogens is 1. The first kappa shape index (κ1) is 16.2. The minimum absolute atomic E-state index is 0.0485. The van der Waals surface area contributed by atoms with Crippen LogP contribution in [0.2, 0.25) is 0 Å². The highest BCUT2D eigenvalue weighted by molar-refractivity contribution is 5.91. The molecule has 0 fully saturated rings. The van der Waals surface area contributed by atoms with E-state index >= 15 is 0 Å². The summed E-state index contributed by atoms with van der Waals surface area (Å²) in [6.45, 7) is 2.32. The molecule has 1 amide bonds. The number of hydrogen-bond donors (Lipinski definition) is 2. The Morgan fingerprint density at radius 1 is 1.04 bits per heavy atom. The Balaban J connectivity index is 1.65. The van der Waals surface area contributed by atoms with Gasteiger partial charge in [0.2, 0.25) is 0 Å². The average Bonchev–Trinajstić information content (AvgIpc) is 3.29. The number of aryl methyl sites for hydroxylation is 1. The van der Waals surface area contributed by atoms with Crippen molar-refractivity contribution in [1.29, 1.82) is 0 Å². The number of fused-ring (bicyclic) bond motifs is 1. The van der Waals surface area contributed by atoms with E-state index in [0.29, 0.717) is 12.3 Å². The van der Waals surface area contributed by atoms with Crippen LogP contribution in [0, 0.1) is 6.92 Å². The molecule has 4 nitrogen and oxygen atoms in total. The summed E-state index contributed by atoms with van der Waals surface area (Å²) in [7, 11) is 0. The van der Waals surface area contributed by atoms with Crippen molar-refractivity contribution in [1.82, 2.24) is 10.3 Å². The van der Waals surface area contributed by atoms with Crippen molar-refractivity contribution >= 4 is 16.8 Å². The van der Waals surface area contributed by atoms with Crippen LogP contribution in [0.5, 0.6) is 0 Å². The first-order valence-electron chi connectivity index (χ1n) is 8.68. The van der Waals surface area contributed by atoms with Crippen LogP contribution >= 0.6 is 0 Å². The van der Waals surface area contributed by atoms with Gasteiger partial charge < -0.3 is 14.7 Å². The Morgan fingerprint density at radius 2 is 1.81 bits per heavy atom. The van der Waals surface area contributed by atoms with Crippen molar-refractivity contribution in [2.45, 2.75) is 12.8 Å². The maximum Gasteiger partial charge on any atom is 0.287 e. The van der Waals surface area contributed by atoms with Gasteiger partial charge >= 0.3 is 0 Å². The van der Waals surface area contributed by atoms with E-state index in [2.05, 4.69) is 34.6 Å². The van der Waals surface area contributed by atoms with Gasteiger partial charge in [-0.15, -0.1) is 0 Å². The van der Waals surface area contributed by atoms with E-state index in [0.717, 1.165) is 16.8 Å². The van der Waals surface area contributed by atoms with Gasteiger partial charge in [0.1, 0.15) is 5.76 Å². The minimum Gasteiger partial charge on any atom is -0.456 e. The summed E-state index contributed by atoms with van der Waals surface area (Å²) in [6.07, 6.45) is 2.03. The lowest BCUT2D eigenvalue weighted by atomic mass is 9.91. The smallest absolute Gasteiger partial charge is 0.287 e. The van der Waals surface area contributed by atoms with Gasteiger partial charge in [-0.25, -0.2) is 0 Å². The van der Waals surface area contributed by atoms with Gasteiger partial charge in [0, 0.05) is 29.6 Å². The van der Waals surface area contributed by atoms with Crippen molar-refractivity contribution in [3.8, 4) is 0 Å². The molecule has 26 heavy (non-hydrogen) atoms. The molecule has 4 heteroatoms. The third-order valence-electron chi connectivity index (χ3n) is 4.63. The fourth-order valence-electron chi connectivity index (χ4n) is 3.31. The molecule has 4 aromatic rings. The quantitative estimate of drug-likeness (QED) is 0.554. The van der Waals surface area contributed by atoms with Crippen LogP contribution in [0.3, 0.4) is 0 Å². The molecule has 0 aliphatic heterocycles. The lowest BCUT2D eigenvalue weighted by molar-refractivity contribution is 0.0923. The lowest BCUT2D eigenvalue weighted by Crippen LogP contribution is -2.28. The molecule has 2 aromatic heterocycles. The Hall–Kier alpha value is -3.27. The molecule has 0 spiro atoms. The highest BCUT2D eigenvalue weighted by Crippen LogP contribution is 2.30. The highest BCUT2D eigenvalue weighted by Gasteiger charge is 2.20. The van der Waals surface area contributed by atoms with Gasteiger partial charge in [0.25, 0.3) is 5.91 Å². The number of benzene rings is 2. The van der Waals surface area contributed by atoms with Crippen molar-refractivity contribution in [3.05, 3.63) is 95.6 Å². The summed E-state index contributed by atoms with van der Waals surface area (Å²) in [5.74, 6) is 0.922. The average molecular weight is 344 g/mol. The van der Waals surface area contributed by atoms with Crippen LogP contribution in [0.1, 0.15) is 33.4 Å². The predicted molar refractivity (Wildman–Crippen MR) is 102 cm³/mol. The molecule has 0 aliphatic rings. The number of para-hydroxylation sites is 1. The van der Waals surface area contributed by atoms with E-state index in [-0.39, 0.29) is 11.8 Å². The fourth-order valence-corrected chi connectivity index (χ4v) is 3.31. The number of amides is 1. The molecule has 0 saturated carbocycles. The van der Waals surface area contributed by atoms with E-state index in [1.54, 1.807) is 12.1 Å². The zero-order valence-corrected chi connectivity index (χ0v) is 14.5. The summed E-state index contributed by atoms with van der Waals surface area (Å²) >= 11 is 0. The lowest BCUT2D eigenvalue weighted by Gasteiger charge is -2.18. The first-order chi connectivity index (χ1) is 12.7. The van der Waals surface area contributed by atoms with E-state index in [9.17, 15) is 4.79 Å². The standard InChI is InChI=1S/C22H20N2O2/c1-15-11-12-21(26-15)22(25)24-13-18(16-7-3-2-4-8-16)19-14-23-20-10-6-5-9-17(19)20/h2-12,14,18,23H,13H2,1H3,(H,24,25)/t18-/m0/s1. The van der Waals surface area contributed by atoms with E-state index in [1.807, 2.05) is 43.5 Å². The van der Waals surface area contributed by atoms with Crippen molar-refractivity contribution in [3.63, 3.8) is 0 Å². The number of carbonyl (C=O) groups excluding carboxylic acids is 1. The zero-order valence-electron chi connectivity index (χ0n) is 14.5. The van der Waals surface area contributed by atoms with Gasteiger partial charge in [-0.1, -0.05) is 48.5 Å². The van der Waals surface area contributed by atoms with Crippen LogP contribution < -0.4 is 5.32 Å². The Labute approximate surface area is 151 Å². The normalized spacial score (nSPS) is 12.2. The van der Waals surface area contributed by atoms with Crippen LogP contribution in [-0.2, 0) is 0 Å². The summed E-state index contributed by atoms with van der Waals surface area (Å²) in [5.41, 5.74) is 3.42. The molecule has 0 aliphatic carbocycles. The number of nitrogens with one attached hydrogen (secondary N) is 2. The van der Waals surface area contributed by atoms with Crippen molar-refractivity contribution < 1.29 is 9.21 Å². The van der Waals surface area contributed by atoms with Crippen LogP contribution in [0.4, 0.5) is 0 Å². The molecular weight excluding hydrogens is 324 g/mol. The SMILES string of the molecule is Cc1ccc(C(=O)NC[C@@H](c2ccccc2)c2c[nH]c3ccccc23)o1. The number of H-pyrrole nitrogens is 1. The summed E-state index contributed by atoms with van der Waals surface area (Å²) in [5, 5.41) is 4.19. The van der Waals surface area contributed by atoms with Gasteiger partial charge in [-0.05, 0) is 36.2 Å². The van der Waals surface area contributed by atoms with Gasteiger partial charge in [-0.3, -0.25) is 4.79 Å². The predicted octanol–water partition coefficient (Wildman–Crippen LogP) is 4.63. The number of hydrogen-bond acceptors (Lipinski definition) is 2. The number of carbonyl (C=O) groups is 1. The topological polar surface area (TPSA) is 58.0 Å². The zero-order chi connectivity index (χ0) is 17.9. The highest BCUT2D eigenvalue weighted by atomic mass is 16.3. The molecule has 0 bridgehead atoms. The Bertz CT molecular complexity index is 1030. The molecule has 0 unspecified atom stereocenters. The second-order valence-corrected chi connectivity index (χ2v) is 6.37. The second-order valence-electron chi connectivity index (χ2n) is 6.37. The summed E-state index contributed by atoms with van der Waals surface area (Å²) in [4.78, 5) is 15.7. The molecule has 4 rings (SSSR count). The van der Waals surface area contributed by atoms with Crippen molar-refractivity contribution in [2.24, 2.45) is 0 Å². The molecule has 2 heterocycles. The van der Waals surface area contributed by atoms with Crippen LogP contribution in [0.25, 0.3) is 10.9 Å². The molecule has 2 aromatic carbocycles. The molecule has 2 N–H and O–H groups in total. The van der Waals surface area contributed by atoms with Gasteiger partial charge in [0.05, 0.1) is 0 Å². The third kappa shape index (κ3) is 3.14. The number of rotatable bonds is 5. The minimum atomic E-state index is -0.195. The van der Waals surface area contributed by atoms with Gasteiger partial charge in [-0.2, -0.15) is 0 Å². The largest absolute Gasteiger partial charge is 0.456 e. The first-order valence-corrected chi connectivity index (χ1v) is 8.68. The summed E-state index contributed by atoms with van der Waals surface area (Å²) in [6, 6.07) is 21.9. The van der Waals surface area contributed by atoms with Crippen molar-refractivity contribution in [2.75, 3.05) is 6.54 Å². The molecule has 0 saturated heterocycles. The molecule has 0 radical (unpaired) electrons. The fraction of sp³-hybridized carbons (Fsp3) is 0.136. The Kier molecular flexibility index (Phi) is 4.32.